The van der Waals surface area contributed by atoms with Gasteiger partial charge >= 0.3 is 5.97 Å². The number of carboxylic acid groups (broad SMARTS) is 1. The molecule has 17 heavy (non-hydrogen) atoms. The molecule has 0 aliphatic rings. The van der Waals surface area contributed by atoms with Gasteiger partial charge in [-0.3, -0.25) is 0 Å². The lowest BCUT2D eigenvalue weighted by molar-refractivity contribution is 0.0698. The summed E-state index contributed by atoms with van der Waals surface area (Å²) < 4.78 is 0. The van der Waals surface area contributed by atoms with Crippen molar-refractivity contribution in [1.82, 2.24) is 0 Å². The summed E-state index contributed by atoms with van der Waals surface area (Å²) >= 11 is 0. The third kappa shape index (κ3) is 2.28. The zero-order valence-corrected chi connectivity index (χ0v) is 9.47. The molecule has 0 aromatic heterocycles. The molecule has 0 saturated carbocycles. The van der Waals surface area contributed by atoms with Crippen LogP contribution in [0.25, 0.3) is 11.1 Å². The Morgan fingerprint density at radius 2 is 1.82 bits per heavy atom. The first kappa shape index (κ1) is 11.2. The lowest BCUT2D eigenvalue weighted by atomic mass is 10.0. The fourth-order valence-electron chi connectivity index (χ4n) is 1.76. The van der Waals surface area contributed by atoms with Crippen molar-refractivity contribution in [3.8, 4) is 11.1 Å². The Hall–Kier alpha value is -2.29. The van der Waals surface area contributed by atoms with Gasteiger partial charge in [-0.25, -0.2) is 4.79 Å². The molecule has 0 amide bonds. The predicted octanol–water partition coefficient (Wildman–Crippen LogP) is 2.94. The summed E-state index contributed by atoms with van der Waals surface area (Å²) in [5.74, 6) is -1.00. The van der Waals surface area contributed by atoms with E-state index in [9.17, 15) is 4.79 Å². The Balaban J connectivity index is 2.48. The van der Waals surface area contributed by atoms with E-state index in [1.807, 2.05) is 31.2 Å². The van der Waals surface area contributed by atoms with Gasteiger partial charge in [0.25, 0.3) is 0 Å². The number of nitrogens with two attached hydrogens (primary N) is 1. The molecule has 0 bridgehead atoms. The lowest BCUT2D eigenvalue weighted by Crippen LogP contribution is -2.02. The molecule has 3 nitrogen and oxygen atoms in total. The van der Waals surface area contributed by atoms with E-state index in [0.717, 1.165) is 16.7 Å². The Kier molecular flexibility index (Phi) is 2.83. The van der Waals surface area contributed by atoms with Crippen molar-refractivity contribution in [2.24, 2.45) is 0 Å². The van der Waals surface area contributed by atoms with Crippen molar-refractivity contribution >= 4 is 11.7 Å². The summed E-state index contributed by atoms with van der Waals surface area (Å²) in [6.45, 7) is 2.01. The molecule has 0 spiro atoms. The second-order valence-electron chi connectivity index (χ2n) is 3.98. The fraction of sp³-hybridized carbons (Fsp3) is 0.0714. The Morgan fingerprint density at radius 1 is 1.12 bits per heavy atom. The molecule has 2 aromatic rings. The average Bonchev–Trinajstić information content (AvgIpc) is 2.28. The quantitative estimate of drug-likeness (QED) is 0.775. The second kappa shape index (κ2) is 4.29. The molecular weight excluding hydrogens is 214 g/mol. The van der Waals surface area contributed by atoms with Crippen molar-refractivity contribution < 1.29 is 9.90 Å². The van der Waals surface area contributed by atoms with Gasteiger partial charge in [-0.2, -0.15) is 0 Å². The molecule has 2 rings (SSSR count). The predicted molar refractivity (Wildman–Crippen MR) is 68.0 cm³/mol. The summed E-state index contributed by atoms with van der Waals surface area (Å²) in [6.07, 6.45) is 0. The number of anilines is 1. The topological polar surface area (TPSA) is 63.3 Å². The average molecular weight is 227 g/mol. The molecule has 0 aliphatic carbocycles. The van der Waals surface area contributed by atoms with Gasteiger partial charge in [0.05, 0.1) is 5.56 Å². The highest BCUT2D eigenvalue weighted by Gasteiger charge is 2.08. The van der Waals surface area contributed by atoms with Gasteiger partial charge in [0.15, 0.2) is 0 Å². The first-order valence-corrected chi connectivity index (χ1v) is 5.28. The molecule has 3 N–H and O–H groups in total. The van der Waals surface area contributed by atoms with Gasteiger partial charge in [-0.05, 0) is 30.2 Å². The fourth-order valence-corrected chi connectivity index (χ4v) is 1.76. The van der Waals surface area contributed by atoms with E-state index in [4.69, 9.17) is 10.8 Å². The third-order valence-electron chi connectivity index (χ3n) is 2.63. The van der Waals surface area contributed by atoms with E-state index in [-0.39, 0.29) is 11.3 Å². The number of nitrogen functional groups attached to an aromatic ring is 1. The highest BCUT2D eigenvalue weighted by Crippen LogP contribution is 2.24. The number of carbonyl (C=O) groups is 1. The monoisotopic (exact) mass is 227 g/mol. The number of rotatable bonds is 2. The molecule has 0 saturated heterocycles. The zero-order valence-electron chi connectivity index (χ0n) is 9.47. The van der Waals surface area contributed by atoms with E-state index < -0.39 is 5.97 Å². The van der Waals surface area contributed by atoms with Crippen molar-refractivity contribution in [2.45, 2.75) is 6.92 Å². The van der Waals surface area contributed by atoms with E-state index in [2.05, 4.69) is 0 Å². The maximum atomic E-state index is 10.8. The standard InChI is InChI=1S/C14H13NO2/c1-9-3-2-4-10(7-9)11-5-6-12(14(16)17)13(15)8-11/h2-8H,15H2,1H3,(H,16,17). The number of hydrogen-bond donors (Lipinski definition) is 2. The van der Waals surface area contributed by atoms with Gasteiger partial charge in [0, 0.05) is 5.69 Å². The molecule has 86 valence electrons. The van der Waals surface area contributed by atoms with Crippen LogP contribution in [0.4, 0.5) is 5.69 Å². The maximum absolute atomic E-state index is 10.8. The van der Waals surface area contributed by atoms with Crippen LogP contribution in [0, 0.1) is 6.92 Å². The van der Waals surface area contributed by atoms with Gasteiger partial charge in [0.1, 0.15) is 0 Å². The van der Waals surface area contributed by atoms with Crippen LogP contribution in [0.15, 0.2) is 42.5 Å². The molecule has 3 heteroatoms. The maximum Gasteiger partial charge on any atom is 0.337 e. The molecule has 0 heterocycles. The largest absolute Gasteiger partial charge is 0.478 e. The summed E-state index contributed by atoms with van der Waals surface area (Å²) in [4.78, 5) is 10.8. The molecular formula is C14H13NO2. The first-order valence-electron chi connectivity index (χ1n) is 5.28. The summed E-state index contributed by atoms with van der Waals surface area (Å²) in [6, 6.07) is 13.0. The van der Waals surface area contributed by atoms with Crippen molar-refractivity contribution in [3.05, 3.63) is 53.6 Å². The summed E-state index contributed by atoms with van der Waals surface area (Å²) in [5.41, 5.74) is 9.26. The van der Waals surface area contributed by atoms with E-state index in [1.54, 1.807) is 12.1 Å². The molecule has 0 fully saturated rings. The van der Waals surface area contributed by atoms with E-state index in [0.29, 0.717) is 0 Å². The zero-order chi connectivity index (χ0) is 12.4. The summed E-state index contributed by atoms with van der Waals surface area (Å²) in [7, 11) is 0. The smallest absolute Gasteiger partial charge is 0.337 e. The van der Waals surface area contributed by atoms with Crippen LogP contribution in [-0.2, 0) is 0 Å². The SMILES string of the molecule is Cc1cccc(-c2ccc(C(=O)O)c(N)c2)c1. The summed E-state index contributed by atoms with van der Waals surface area (Å²) in [5, 5.41) is 8.89. The van der Waals surface area contributed by atoms with Crippen molar-refractivity contribution in [3.63, 3.8) is 0 Å². The van der Waals surface area contributed by atoms with Crippen molar-refractivity contribution in [2.75, 3.05) is 5.73 Å². The highest BCUT2D eigenvalue weighted by molar-refractivity contribution is 5.94. The normalized spacial score (nSPS) is 10.2. The second-order valence-corrected chi connectivity index (χ2v) is 3.98. The van der Waals surface area contributed by atoms with Crippen LogP contribution in [0.3, 0.4) is 0 Å². The van der Waals surface area contributed by atoms with Crippen LogP contribution >= 0.6 is 0 Å². The number of hydrogen-bond acceptors (Lipinski definition) is 2. The van der Waals surface area contributed by atoms with Crippen LogP contribution in [-0.4, -0.2) is 11.1 Å². The molecule has 0 atom stereocenters. The Morgan fingerprint density at radius 3 is 2.41 bits per heavy atom. The number of aromatic carboxylic acids is 1. The highest BCUT2D eigenvalue weighted by atomic mass is 16.4. The lowest BCUT2D eigenvalue weighted by Gasteiger charge is -2.06. The molecule has 0 aliphatic heterocycles. The minimum absolute atomic E-state index is 0.140. The van der Waals surface area contributed by atoms with Gasteiger partial charge in [-0.15, -0.1) is 0 Å². The van der Waals surface area contributed by atoms with Gasteiger partial charge in [0.2, 0.25) is 0 Å². The molecule has 0 unspecified atom stereocenters. The van der Waals surface area contributed by atoms with Crippen LogP contribution in [0.2, 0.25) is 0 Å². The minimum Gasteiger partial charge on any atom is -0.478 e. The minimum atomic E-state index is -1.00. The molecule has 2 aromatic carbocycles. The number of carboxylic acids is 1. The van der Waals surface area contributed by atoms with Gasteiger partial charge in [-0.1, -0.05) is 35.9 Å². The van der Waals surface area contributed by atoms with Crippen LogP contribution in [0.1, 0.15) is 15.9 Å². The van der Waals surface area contributed by atoms with Crippen LogP contribution in [0.5, 0.6) is 0 Å². The Labute approximate surface area is 99.5 Å². The van der Waals surface area contributed by atoms with E-state index in [1.165, 1.54) is 6.07 Å². The van der Waals surface area contributed by atoms with E-state index >= 15 is 0 Å². The van der Waals surface area contributed by atoms with Crippen molar-refractivity contribution in [1.29, 1.82) is 0 Å². The number of benzene rings is 2. The van der Waals surface area contributed by atoms with Crippen LogP contribution < -0.4 is 5.73 Å². The molecule has 0 radical (unpaired) electrons. The Bertz CT molecular complexity index is 576. The first-order chi connectivity index (χ1) is 8.08. The third-order valence-corrected chi connectivity index (χ3v) is 2.63. The number of aryl methyl sites for hydroxylation is 1. The van der Waals surface area contributed by atoms with Gasteiger partial charge < -0.3 is 10.8 Å².